The number of hydrogen-bond donors (Lipinski definition) is 2. The Morgan fingerprint density at radius 1 is 1.32 bits per heavy atom. The van der Waals surface area contributed by atoms with Gasteiger partial charge in [0.05, 0.1) is 11.7 Å². The molecular weight excluding hydrogens is 297 g/mol. The number of aliphatic hydroxyl groups excluding tert-OH is 1. The molecule has 7 heteroatoms. The summed E-state index contributed by atoms with van der Waals surface area (Å²) in [6, 6.07) is 7.71. The van der Waals surface area contributed by atoms with Crippen LogP contribution in [0.25, 0.3) is 0 Å². The molecule has 2 aromatic rings. The zero-order valence-corrected chi connectivity index (χ0v) is 11.8. The molecule has 22 heavy (non-hydrogen) atoms. The summed E-state index contributed by atoms with van der Waals surface area (Å²) in [4.78, 5) is 11.9. The SMILES string of the molecule is Cn1cccc1C(=O)NC[C@@H](O)c1cccc(C(F)(F)F)c1. The second-order valence-electron chi connectivity index (χ2n) is 4.85. The summed E-state index contributed by atoms with van der Waals surface area (Å²) in [6.07, 6.45) is -3.99. The Hall–Kier alpha value is -2.28. The van der Waals surface area contributed by atoms with Crippen molar-refractivity contribution in [2.24, 2.45) is 7.05 Å². The van der Waals surface area contributed by atoms with Gasteiger partial charge in [0.2, 0.25) is 0 Å². The first kappa shape index (κ1) is 16.1. The number of hydrogen-bond acceptors (Lipinski definition) is 2. The Morgan fingerprint density at radius 3 is 2.64 bits per heavy atom. The second-order valence-corrected chi connectivity index (χ2v) is 4.85. The molecule has 2 rings (SSSR count). The van der Waals surface area contributed by atoms with Crippen LogP contribution in [0, 0.1) is 0 Å². The topological polar surface area (TPSA) is 54.3 Å². The normalized spacial score (nSPS) is 13.0. The van der Waals surface area contributed by atoms with Crippen molar-refractivity contribution in [2.45, 2.75) is 12.3 Å². The Balaban J connectivity index is 2.02. The minimum Gasteiger partial charge on any atom is -0.387 e. The number of aromatic nitrogens is 1. The average molecular weight is 312 g/mol. The van der Waals surface area contributed by atoms with Crippen LogP contribution in [-0.4, -0.2) is 22.1 Å². The summed E-state index contributed by atoms with van der Waals surface area (Å²) in [7, 11) is 1.69. The molecule has 1 amide bonds. The Kier molecular flexibility index (Phi) is 4.56. The molecule has 0 spiro atoms. The van der Waals surface area contributed by atoms with Crippen molar-refractivity contribution in [3.63, 3.8) is 0 Å². The van der Waals surface area contributed by atoms with Gasteiger partial charge in [-0.1, -0.05) is 12.1 Å². The molecule has 1 atom stereocenters. The Labute approximate surface area is 125 Å². The van der Waals surface area contributed by atoms with Crippen molar-refractivity contribution in [1.82, 2.24) is 9.88 Å². The summed E-state index contributed by atoms with van der Waals surface area (Å²) in [6.45, 7) is -0.175. The van der Waals surface area contributed by atoms with Crippen LogP contribution in [-0.2, 0) is 13.2 Å². The fourth-order valence-corrected chi connectivity index (χ4v) is 2.02. The number of aliphatic hydroxyl groups is 1. The minimum absolute atomic E-state index is 0.0991. The molecule has 1 aromatic heterocycles. The van der Waals surface area contributed by atoms with E-state index >= 15 is 0 Å². The van der Waals surface area contributed by atoms with Gasteiger partial charge in [-0.3, -0.25) is 4.79 Å². The van der Waals surface area contributed by atoms with E-state index in [2.05, 4.69) is 5.32 Å². The van der Waals surface area contributed by atoms with Crippen molar-refractivity contribution in [2.75, 3.05) is 6.54 Å². The lowest BCUT2D eigenvalue weighted by Gasteiger charge is -2.14. The molecule has 0 aliphatic carbocycles. The Bertz CT molecular complexity index is 665. The van der Waals surface area contributed by atoms with Crippen molar-refractivity contribution >= 4 is 5.91 Å². The minimum atomic E-state index is -4.47. The van der Waals surface area contributed by atoms with Crippen LogP contribution in [0.2, 0.25) is 0 Å². The fraction of sp³-hybridized carbons (Fsp3) is 0.267. The standard InChI is InChI=1S/C15H15F3N2O2/c1-20-7-3-6-12(20)14(22)19-9-13(21)10-4-2-5-11(8-10)15(16,17)18/h2-8,13,21H,9H2,1H3,(H,19,22)/t13-/m1/s1. The maximum atomic E-state index is 12.6. The van der Waals surface area contributed by atoms with Crippen LogP contribution in [0.15, 0.2) is 42.6 Å². The molecule has 0 saturated carbocycles. The molecule has 118 valence electrons. The summed E-state index contributed by atoms with van der Waals surface area (Å²) in [5.41, 5.74) is -0.337. The van der Waals surface area contributed by atoms with Crippen LogP contribution in [0.1, 0.15) is 27.7 Å². The largest absolute Gasteiger partial charge is 0.416 e. The van der Waals surface area contributed by atoms with E-state index in [-0.39, 0.29) is 12.1 Å². The molecular formula is C15H15F3N2O2. The van der Waals surface area contributed by atoms with Crippen LogP contribution in [0.3, 0.4) is 0 Å². The van der Waals surface area contributed by atoms with Gasteiger partial charge in [-0.25, -0.2) is 0 Å². The Morgan fingerprint density at radius 2 is 2.05 bits per heavy atom. The molecule has 2 N–H and O–H groups in total. The third-order valence-electron chi connectivity index (χ3n) is 3.23. The van der Waals surface area contributed by atoms with Crippen molar-refractivity contribution in [1.29, 1.82) is 0 Å². The maximum absolute atomic E-state index is 12.6. The van der Waals surface area contributed by atoms with Crippen LogP contribution >= 0.6 is 0 Å². The first-order valence-electron chi connectivity index (χ1n) is 6.54. The van der Waals surface area contributed by atoms with E-state index in [9.17, 15) is 23.1 Å². The molecule has 1 aromatic carbocycles. The molecule has 4 nitrogen and oxygen atoms in total. The van der Waals surface area contributed by atoms with Gasteiger partial charge in [-0.2, -0.15) is 13.2 Å². The predicted octanol–water partition coefficient (Wildman–Crippen LogP) is 2.51. The van der Waals surface area contributed by atoms with E-state index in [4.69, 9.17) is 0 Å². The summed E-state index contributed by atoms with van der Waals surface area (Å²) >= 11 is 0. The van der Waals surface area contributed by atoms with Gasteiger partial charge < -0.3 is 15.0 Å². The first-order valence-corrected chi connectivity index (χ1v) is 6.54. The van der Waals surface area contributed by atoms with E-state index in [1.807, 2.05) is 0 Å². The fourth-order valence-electron chi connectivity index (χ4n) is 2.02. The lowest BCUT2D eigenvalue weighted by Crippen LogP contribution is -2.29. The van der Waals surface area contributed by atoms with E-state index in [1.165, 1.54) is 12.1 Å². The summed E-state index contributed by atoms with van der Waals surface area (Å²) in [5.74, 6) is -0.404. The molecule has 0 aliphatic heterocycles. The quantitative estimate of drug-likeness (QED) is 0.911. The van der Waals surface area contributed by atoms with Crippen LogP contribution in [0.4, 0.5) is 13.2 Å². The van der Waals surface area contributed by atoms with Crippen molar-refractivity contribution in [3.05, 3.63) is 59.4 Å². The van der Waals surface area contributed by atoms with Gasteiger partial charge in [0.25, 0.3) is 5.91 Å². The van der Waals surface area contributed by atoms with Gasteiger partial charge in [0, 0.05) is 19.8 Å². The molecule has 0 saturated heterocycles. The lowest BCUT2D eigenvalue weighted by molar-refractivity contribution is -0.137. The maximum Gasteiger partial charge on any atom is 0.416 e. The number of amides is 1. The van der Waals surface area contributed by atoms with Crippen LogP contribution in [0.5, 0.6) is 0 Å². The van der Waals surface area contributed by atoms with E-state index in [0.29, 0.717) is 5.69 Å². The number of halogens is 3. The van der Waals surface area contributed by atoms with Gasteiger partial charge in [0.15, 0.2) is 0 Å². The number of nitrogens with zero attached hydrogens (tertiary/aromatic N) is 1. The van der Waals surface area contributed by atoms with Crippen molar-refractivity contribution in [3.8, 4) is 0 Å². The predicted molar refractivity (Wildman–Crippen MR) is 74.2 cm³/mol. The third kappa shape index (κ3) is 3.67. The molecule has 1 heterocycles. The van der Waals surface area contributed by atoms with Crippen molar-refractivity contribution < 1.29 is 23.1 Å². The smallest absolute Gasteiger partial charge is 0.387 e. The number of carbonyl (C=O) groups excluding carboxylic acids is 1. The molecule has 0 fully saturated rings. The number of benzene rings is 1. The summed E-state index contributed by atoms with van der Waals surface area (Å²) in [5, 5.41) is 12.4. The number of aryl methyl sites for hydroxylation is 1. The number of alkyl halides is 3. The second kappa shape index (κ2) is 6.23. The molecule has 0 bridgehead atoms. The zero-order chi connectivity index (χ0) is 16.3. The van der Waals surface area contributed by atoms with Gasteiger partial charge in [-0.15, -0.1) is 0 Å². The highest BCUT2D eigenvalue weighted by molar-refractivity contribution is 5.92. The lowest BCUT2D eigenvalue weighted by atomic mass is 10.1. The van der Waals surface area contributed by atoms with E-state index in [0.717, 1.165) is 12.1 Å². The number of rotatable bonds is 4. The molecule has 0 unspecified atom stereocenters. The molecule has 0 aliphatic rings. The average Bonchev–Trinajstić information content (AvgIpc) is 2.90. The monoisotopic (exact) mass is 312 g/mol. The third-order valence-corrected chi connectivity index (χ3v) is 3.23. The van der Waals surface area contributed by atoms with Gasteiger partial charge in [-0.05, 0) is 29.8 Å². The van der Waals surface area contributed by atoms with Crippen LogP contribution < -0.4 is 5.32 Å². The van der Waals surface area contributed by atoms with Gasteiger partial charge in [0.1, 0.15) is 5.69 Å². The number of carbonyl (C=O) groups is 1. The highest BCUT2D eigenvalue weighted by Gasteiger charge is 2.30. The zero-order valence-electron chi connectivity index (χ0n) is 11.8. The molecule has 0 radical (unpaired) electrons. The highest BCUT2D eigenvalue weighted by Crippen LogP contribution is 2.30. The van der Waals surface area contributed by atoms with E-state index < -0.39 is 23.8 Å². The van der Waals surface area contributed by atoms with E-state index in [1.54, 1.807) is 29.9 Å². The van der Waals surface area contributed by atoms with Gasteiger partial charge >= 0.3 is 6.18 Å². The summed E-state index contributed by atoms with van der Waals surface area (Å²) < 4.78 is 39.5. The first-order chi connectivity index (χ1) is 10.3. The number of nitrogens with one attached hydrogen (secondary N) is 1. The highest BCUT2D eigenvalue weighted by atomic mass is 19.4.